The first-order valence-corrected chi connectivity index (χ1v) is 8.04. The van der Waals surface area contributed by atoms with E-state index in [1.807, 2.05) is 12.3 Å². The zero-order valence-corrected chi connectivity index (χ0v) is 13.0. The van der Waals surface area contributed by atoms with Crippen molar-refractivity contribution >= 4 is 28.8 Å². The Balaban J connectivity index is 1.63. The highest BCUT2D eigenvalue weighted by Crippen LogP contribution is 2.24. The Morgan fingerprint density at radius 3 is 2.95 bits per heavy atom. The van der Waals surface area contributed by atoms with Crippen molar-refractivity contribution < 1.29 is 0 Å². The maximum absolute atomic E-state index is 5.97. The lowest BCUT2D eigenvalue weighted by Crippen LogP contribution is -2.19. The van der Waals surface area contributed by atoms with E-state index in [9.17, 15) is 0 Å². The van der Waals surface area contributed by atoms with Crippen molar-refractivity contribution in [1.82, 2.24) is 10.3 Å². The minimum absolute atomic E-state index is 0.734. The molecule has 2 heterocycles. The Hall–Kier alpha value is -1.10. The number of rotatable bonds is 6. The van der Waals surface area contributed by atoms with Crippen molar-refractivity contribution in [1.29, 1.82) is 0 Å². The van der Waals surface area contributed by atoms with E-state index in [2.05, 4.69) is 40.4 Å². The van der Waals surface area contributed by atoms with Crippen LogP contribution in [0.2, 0.25) is 4.34 Å². The summed E-state index contributed by atoms with van der Waals surface area (Å²) in [6.07, 6.45) is 4.52. The van der Waals surface area contributed by atoms with Crippen molar-refractivity contribution in [3.63, 3.8) is 0 Å². The van der Waals surface area contributed by atoms with Gasteiger partial charge in [0.2, 0.25) is 0 Å². The summed E-state index contributed by atoms with van der Waals surface area (Å²) in [5.74, 6) is 1.00. The average molecular weight is 308 g/mol. The fourth-order valence-electron chi connectivity index (χ4n) is 2.08. The second kappa shape index (κ2) is 6.12. The molecule has 1 saturated carbocycles. The molecular weight excluding hydrogens is 290 g/mol. The van der Waals surface area contributed by atoms with Crippen LogP contribution >= 0.6 is 22.9 Å². The molecular formula is C15H18ClN3S. The molecule has 0 bridgehead atoms. The molecule has 0 saturated heterocycles. The fourth-order valence-corrected chi connectivity index (χ4v) is 3.22. The minimum atomic E-state index is 0.734. The molecule has 0 aliphatic heterocycles. The van der Waals surface area contributed by atoms with Crippen LogP contribution in [-0.2, 0) is 13.1 Å². The Kier molecular flexibility index (Phi) is 4.24. The van der Waals surface area contributed by atoms with Crippen LogP contribution in [0.25, 0.3) is 0 Å². The second-order valence-corrected chi connectivity index (χ2v) is 7.04. The number of thiophene rings is 1. The number of pyridine rings is 1. The third-order valence-electron chi connectivity index (χ3n) is 3.40. The lowest BCUT2D eigenvalue weighted by atomic mass is 10.2. The first kappa shape index (κ1) is 13.9. The van der Waals surface area contributed by atoms with E-state index in [4.69, 9.17) is 11.6 Å². The maximum Gasteiger partial charge on any atom is 0.128 e. The van der Waals surface area contributed by atoms with Gasteiger partial charge in [0.15, 0.2) is 0 Å². The molecule has 20 heavy (non-hydrogen) atoms. The van der Waals surface area contributed by atoms with Crippen molar-refractivity contribution in [2.75, 3.05) is 11.9 Å². The maximum atomic E-state index is 5.97. The molecule has 2 aromatic rings. The van der Waals surface area contributed by atoms with Gasteiger partial charge in [-0.15, -0.1) is 11.3 Å². The second-order valence-electron chi connectivity index (χ2n) is 5.24. The third kappa shape index (κ3) is 3.72. The number of halogens is 1. The van der Waals surface area contributed by atoms with Gasteiger partial charge in [0.1, 0.15) is 5.82 Å². The topological polar surface area (TPSA) is 28.2 Å². The predicted octanol–water partition coefficient (Wildman–Crippen LogP) is 3.68. The normalized spacial score (nSPS) is 14.5. The van der Waals surface area contributed by atoms with E-state index >= 15 is 0 Å². The monoisotopic (exact) mass is 307 g/mol. The Morgan fingerprint density at radius 2 is 2.25 bits per heavy atom. The molecule has 3 nitrogen and oxygen atoms in total. The van der Waals surface area contributed by atoms with E-state index in [0.717, 1.165) is 29.3 Å². The summed E-state index contributed by atoms with van der Waals surface area (Å²) >= 11 is 7.59. The number of aromatic nitrogens is 1. The van der Waals surface area contributed by atoms with Crippen LogP contribution in [0.1, 0.15) is 23.3 Å². The molecule has 2 aromatic heterocycles. The van der Waals surface area contributed by atoms with Crippen molar-refractivity contribution in [3.8, 4) is 0 Å². The van der Waals surface area contributed by atoms with Crippen LogP contribution in [0.4, 0.5) is 5.82 Å². The zero-order chi connectivity index (χ0) is 13.9. The molecule has 106 valence electrons. The molecule has 0 atom stereocenters. The van der Waals surface area contributed by atoms with Gasteiger partial charge >= 0.3 is 0 Å². The van der Waals surface area contributed by atoms with Gasteiger partial charge in [0.05, 0.1) is 10.9 Å². The van der Waals surface area contributed by atoms with Crippen LogP contribution in [-0.4, -0.2) is 18.1 Å². The first-order chi connectivity index (χ1) is 9.70. The third-order valence-corrected chi connectivity index (χ3v) is 4.61. The molecule has 0 spiro atoms. The summed E-state index contributed by atoms with van der Waals surface area (Å²) in [5, 5.41) is 3.53. The molecule has 0 unspecified atom stereocenters. The van der Waals surface area contributed by atoms with E-state index in [-0.39, 0.29) is 0 Å². The van der Waals surface area contributed by atoms with Crippen LogP contribution in [0.15, 0.2) is 30.5 Å². The standard InChI is InChI=1S/C15H18ClN3S/c1-19(10-13-4-5-14(16)20-13)15-8-11(6-7-17-15)9-18-12-2-3-12/h4-8,12,18H,2-3,9-10H2,1H3. The van der Waals surface area contributed by atoms with Gasteiger partial charge in [-0.05, 0) is 42.7 Å². The van der Waals surface area contributed by atoms with Gasteiger partial charge in [-0.3, -0.25) is 0 Å². The minimum Gasteiger partial charge on any atom is -0.355 e. The van der Waals surface area contributed by atoms with Crippen LogP contribution < -0.4 is 10.2 Å². The Bertz CT molecular complexity index is 580. The zero-order valence-electron chi connectivity index (χ0n) is 11.5. The molecule has 5 heteroatoms. The summed E-state index contributed by atoms with van der Waals surface area (Å²) in [4.78, 5) is 7.86. The van der Waals surface area contributed by atoms with Crippen LogP contribution in [0, 0.1) is 0 Å². The highest BCUT2D eigenvalue weighted by molar-refractivity contribution is 7.16. The molecule has 1 N–H and O–H groups in total. The molecule has 3 rings (SSSR count). The van der Waals surface area contributed by atoms with Crippen LogP contribution in [0.3, 0.4) is 0 Å². The molecule has 0 amide bonds. The Labute approximate surface area is 128 Å². The van der Waals surface area contributed by atoms with E-state index in [1.54, 1.807) is 11.3 Å². The van der Waals surface area contributed by atoms with Crippen molar-refractivity contribution in [3.05, 3.63) is 45.2 Å². The predicted molar refractivity (Wildman–Crippen MR) is 85.5 cm³/mol. The van der Waals surface area contributed by atoms with E-state index in [0.29, 0.717) is 0 Å². The van der Waals surface area contributed by atoms with E-state index < -0.39 is 0 Å². The molecule has 0 radical (unpaired) electrons. The summed E-state index contributed by atoms with van der Waals surface area (Å²) in [5.41, 5.74) is 1.29. The van der Waals surface area contributed by atoms with Gasteiger partial charge in [0, 0.05) is 30.7 Å². The molecule has 1 fully saturated rings. The lowest BCUT2D eigenvalue weighted by molar-refractivity contribution is 0.686. The average Bonchev–Trinajstić information content (AvgIpc) is 3.19. The smallest absolute Gasteiger partial charge is 0.128 e. The van der Waals surface area contributed by atoms with E-state index in [1.165, 1.54) is 23.3 Å². The van der Waals surface area contributed by atoms with Gasteiger partial charge in [-0.1, -0.05) is 11.6 Å². The summed E-state index contributed by atoms with van der Waals surface area (Å²) in [6, 6.07) is 8.98. The number of nitrogens with one attached hydrogen (secondary N) is 1. The quantitative estimate of drug-likeness (QED) is 0.882. The lowest BCUT2D eigenvalue weighted by Gasteiger charge is -2.18. The largest absolute Gasteiger partial charge is 0.355 e. The van der Waals surface area contributed by atoms with Gasteiger partial charge < -0.3 is 10.2 Å². The highest BCUT2D eigenvalue weighted by atomic mass is 35.5. The Morgan fingerprint density at radius 1 is 1.40 bits per heavy atom. The highest BCUT2D eigenvalue weighted by Gasteiger charge is 2.20. The summed E-state index contributed by atoms with van der Waals surface area (Å²) in [7, 11) is 2.06. The fraction of sp³-hybridized carbons (Fsp3) is 0.400. The SMILES string of the molecule is CN(Cc1ccc(Cl)s1)c1cc(CNC2CC2)ccn1. The first-order valence-electron chi connectivity index (χ1n) is 6.84. The van der Waals surface area contributed by atoms with Gasteiger partial charge in [0.25, 0.3) is 0 Å². The number of hydrogen-bond acceptors (Lipinski definition) is 4. The number of hydrogen-bond donors (Lipinski definition) is 1. The van der Waals surface area contributed by atoms with Crippen molar-refractivity contribution in [2.45, 2.75) is 32.0 Å². The summed E-state index contributed by atoms with van der Waals surface area (Å²) < 4.78 is 0.837. The molecule has 1 aliphatic carbocycles. The van der Waals surface area contributed by atoms with Gasteiger partial charge in [-0.25, -0.2) is 4.98 Å². The van der Waals surface area contributed by atoms with Crippen LogP contribution in [0.5, 0.6) is 0 Å². The number of nitrogens with zero attached hydrogens (tertiary/aromatic N) is 2. The summed E-state index contributed by atoms with van der Waals surface area (Å²) in [6.45, 7) is 1.77. The molecule has 0 aromatic carbocycles. The number of anilines is 1. The molecule has 1 aliphatic rings. The van der Waals surface area contributed by atoms with Crippen molar-refractivity contribution in [2.24, 2.45) is 0 Å². The van der Waals surface area contributed by atoms with Gasteiger partial charge in [-0.2, -0.15) is 0 Å².